The molecule has 298 valence electrons. The summed E-state index contributed by atoms with van der Waals surface area (Å²) < 4.78 is 12.7. The summed E-state index contributed by atoms with van der Waals surface area (Å²) in [6.45, 7) is 18.0. The van der Waals surface area contributed by atoms with E-state index in [1.165, 1.54) is 108 Å². The van der Waals surface area contributed by atoms with E-state index in [0.29, 0.717) is 5.41 Å². The highest BCUT2D eigenvalue weighted by Gasteiger charge is 2.62. The Labute approximate surface area is 326 Å². The molecule has 0 spiro atoms. The van der Waals surface area contributed by atoms with Gasteiger partial charge in [0, 0.05) is 12.3 Å². The van der Waals surface area contributed by atoms with Gasteiger partial charge in [-0.2, -0.15) is 0 Å². The zero-order chi connectivity index (χ0) is 37.6. The van der Waals surface area contributed by atoms with Gasteiger partial charge in [0.05, 0.1) is 12.0 Å². The van der Waals surface area contributed by atoms with Crippen LogP contribution in [0.3, 0.4) is 0 Å². The summed E-state index contributed by atoms with van der Waals surface area (Å²) in [5, 5.41) is 0. The molecule has 4 saturated carbocycles. The number of carbonyl (C=O) groups is 1. The Bertz CT molecular complexity index is 1340. The minimum Gasteiger partial charge on any atom is -0.494 e. The lowest BCUT2D eigenvalue weighted by molar-refractivity contribution is -0.159. The highest BCUT2D eigenvalue weighted by atomic mass is 16.5. The number of esters is 1. The summed E-state index contributed by atoms with van der Waals surface area (Å²) in [4.78, 5) is 14.3. The molecule has 6 unspecified atom stereocenters. The lowest BCUT2D eigenvalue weighted by Crippen LogP contribution is -2.51. The van der Waals surface area contributed by atoms with Crippen LogP contribution >= 0.6 is 0 Å². The van der Waals surface area contributed by atoms with Gasteiger partial charge in [0.15, 0.2) is 0 Å². The largest absolute Gasteiger partial charge is 0.494 e. The molecule has 3 nitrogen and oxygen atoms in total. The molecule has 5 aliphatic carbocycles. The summed E-state index contributed by atoms with van der Waals surface area (Å²) in [6.07, 6.45) is 30.0. The average molecular weight is 729 g/mol. The monoisotopic (exact) mass is 729 g/mol. The van der Waals surface area contributed by atoms with Crippen LogP contribution in [0, 0.1) is 51.8 Å². The molecular weight excluding hydrogens is 649 g/mol. The molecule has 0 N–H and O–H groups in total. The van der Waals surface area contributed by atoms with E-state index >= 15 is 0 Å². The smallest absolute Gasteiger partial charge is 0.313 e. The van der Waals surface area contributed by atoms with E-state index in [-0.39, 0.29) is 28.8 Å². The average Bonchev–Trinajstić information content (AvgIpc) is 3.77. The topological polar surface area (TPSA) is 35.5 Å². The van der Waals surface area contributed by atoms with Crippen LogP contribution < -0.4 is 4.74 Å². The van der Waals surface area contributed by atoms with Crippen LogP contribution in [0.2, 0.25) is 0 Å². The van der Waals surface area contributed by atoms with Crippen LogP contribution in [0.1, 0.15) is 201 Å². The molecule has 10 atom stereocenters. The Morgan fingerprint density at radius 2 is 1.55 bits per heavy atom. The van der Waals surface area contributed by atoms with Crippen molar-refractivity contribution in [1.82, 2.24) is 0 Å². The Kier molecular flexibility index (Phi) is 13.9. The second-order valence-electron chi connectivity index (χ2n) is 20.1. The molecular formula is C50H80O3. The maximum Gasteiger partial charge on any atom is 0.313 e. The lowest BCUT2D eigenvalue weighted by Gasteiger charge is -2.58. The van der Waals surface area contributed by atoms with Crippen molar-refractivity contribution in [1.29, 1.82) is 0 Å². The summed E-state index contributed by atoms with van der Waals surface area (Å²) in [7, 11) is 0. The van der Waals surface area contributed by atoms with Gasteiger partial charge in [-0.05, 0) is 128 Å². The zero-order valence-electron chi connectivity index (χ0n) is 35.5. The molecule has 0 heterocycles. The summed E-state index contributed by atoms with van der Waals surface area (Å²) >= 11 is 0. The van der Waals surface area contributed by atoms with Gasteiger partial charge in [-0.25, -0.2) is 0 Å². The van der Waals surface area contributed by atoms with E-state index in [1.807, 2.05) is 0 Å². The first kappa shape index (κ1) is 40.9. The predicted octanol–water partition coefficient (Wildman–Crippen LogP) is 14.4. The SMILES string of the molecule is CCCCCCCC1(C(=O)OC2CC[C@@]3(C)C(=CCC4C3CC[C@@]3(C)C4CC[C@@H]3[C@H](C)CCCC(C)C)C2)CC1c1ccc(OCCCCCC)cc1. The molecule has 0 aliphatic heterocycles. The van der Waals surface area contributed by atoms with E-state index < -0.39 is 0 Å². The molecule has 5 aliphatic rings. The van der Waals surface area contributed by atoms with E-state index in [2.05, 4.69) is 78.8 Å². The third kappa shape index (κ3) is 8.95. The van der Waals surface area contributed by atoms with Crippen molar-refractivity contribution >= 4 is 5.97 Å². The normalized spacial score (nSPS) is 35.2. The fourth-order valence-corrected chi connectivity index (χ4v) is 12.9. The van der Waals surface area contributed by atoms with Gasteiger partial charge in [0.2, 0.25) is 0 Å². The number of ether oxygens (including phenoxy) is 2. The molecule has 0 amide bonds. The molecule has 0 aromatic heterocycles. The molecule has 0 saturated heterocycles. The predicted molar refractivity (Wildman–Crippen MR) is 222 cm³/mol. The number of allylic oxidation sites excluding steroid dienone is 1. The quantitative estimate of drug-likeness (QED) is 0.0762. The van der Waals surface area contributed by atoms with E-state index in [1.54, 1.807) is 5.57 Å². The standard InChI is InChI=1S/C50H80O3/c1-8-10-12-14-15-30-50(35-46(50)38-20-23-40(24-21-38)52-33-16-13-11-9-2)47(51)53-41-28-31-48(6)39(34-41)22-25-42-44-27-26-43(37(5)19-17-18-36(3)4)49(44,7)32-29-45(42)48/h20-24,36-37,41-46H,8-19,25-35H2,1-7H3/t37-,41?,42?,43-,44?,45?,46?,48+,49-,50?/m1/s1. The van der Waals surface area contributed by atoms with Crippen LogP contribution in [0.4, 0.5) is 0 Å². The third-order valence-corrected chi connectivity index (χ3v) is 16.3. The first-order valence-electron chi connectivity index (χ1n) is 23.2. The van der Waals surface area contributed by atoms with Crippen molar-refractivity contribution in [3.8, 4) is 5.75 Å². The summed E-state index contributed by atoms with van der Waals surface area (Å²) in [6, 6.07) is 8.71. The number of fused-ring (bicyclic) bond motifs is 5. The van der Waals surface area contributed by atoms with Crippen molar-refractivity contribution in [3.05, 3.63) is 41.5 Å². The van der Waals surface area contributed by atoms with Crippen molar-refractivity contribution < 1.29 is 14.3 Å². The highest BCUT2D eigenvalue weighted by molar-refractivity contribution is 5.82. The maximum atomic E-state index is 14.3. The van der Waals surface area contributed by atoms with E-state index in [0.717, 1.165) is 86.4 Å². The Morgan fingerprint density at radius 1 is 0.811 bits per heavy atom. The van der Waals surface area contributed by atoms with Crippen LogP contribution in [0.25, 0.3) is 0 Å². The van der Waals surface area contributed by atoms with Gasteiger partial charge in [-0.3, -0.25) is 4.79 Å². The number of unbranched alkanes of at least 4 members (excludes halogenated alkanes) is 7. The zero-order valence-corrected chi connectivity index (χ0v) is 35.5. The minimum absolute atomic E-state index is 0.0384. The molecule has 0 bridgehead atoms. The molecule has 1 aromatic carbocycles. The second kappa shape index (κ2) is 18.0. The van der Waals surface area contributed by atoms with Crippen molar-refractivity contribution in [3.63, 3.8) is 0 Å². The van der Waals surface area contributed by atoms with Crippen molar-refractivity contribution in [2.75, 3.05) is 6.61 Å². The van der Waals surface area contributed by atoms with Crippen LogP contribution in [-0.2, 0) is 9.53 Å². The number of rotatable bonds is 20. The minimum atomic E-state index is -0.347. The van der Waals surface area contributed by atoms with E-state index in [9.17, 15) is 4.79 Å². The number of carbonyl (C=O) groups excluding carboxylic acids is 1. The van der Waals surface area contributed by atoms with Gasteiger partial charge in [0.1, 0.15) is 11.9 Å². The lowest BCUT2D eigenvalue weighted by atomic mass is 9.47. The number of hydrogen-bond donors (Lipinski definition) is 0. The van der Waals surface area contributed by atoms with Crippen molar-refractivity contribution in [2.24, 2.45) is 51.8 Å². The molecule has 6 rings (SSSR count). The fourth-order valence-electron chi connectivity index (χ4n) is 12.9. The second-order valence-corrected chi connectivity index (χ2v) is 20.1. The van der Waals surface area contributed by atoms with Gasteiger partial charge < -0.3 is 9.47 Å². The molecule has 3 heteroatoms. The van der Waals surface area contributed by atoms with Crippen molar-refractivity contribution in [2.45, 2.75) is 202 Å². The Hall–Kier alpha value is -1.77. The number of benzene rings is 1. The van der Waals surface area contributed by atoms with Gasteiger partial charge >= 0.3 is 5.97 Å². The van der Waals surface area contributed by atoms with Crippen LogP contribution in [0.5, 0.6) is 5.75 Å². The van der Waals surface area contributed by atoms with Gasteiger partial charge in [0.25, 0.3) is 0 Å². The fraction of sp³-hybridized carbons (Fsp3) is 0.820. The molecule has 53 heavy (non-hydrogen) atoms. The highest BCUT2D eigenvalue weighted by Crippen LogP contribution is 2.68. The first-order valence-corrected chi connectivity index (χ1v) is 23.2. The van der Waals surface area contributed by atoms with Crippen LogP contribution in [0.15, 0.2) is 35.9 Å². The van der Waals surface area contributed by atoms with Gasteiger partial charge in [-0.1, -0.05) is 143 Å². The van der Waals surface area contributed by atoms with Gasteiger partial charge in [-0.15, -0.1) is 0 Å². The van der Waals surface area contributed by atoms with Crippen LogP contribution in [-0.4, -0.2) is 18.7 Å². The summed E-state index contributed by atoms with van der Waals surface area (Å²) in [5.74, 6) is 6.46. The molecule has 4 fully saturated rings. The Morgan fingerprint density at radius 3 is 2.28 bits per heavy atom. The first-order chi connectivity index (χ1) is 25.6. The third-order valence-electron chi connectivity index (χ3n) is 16.3. The van der Waals surface area contributed by atoms with E-state index in [4.69, 9.17) is 9.47 Å². The summed E-state index contributed by atoms with van der Waals surface area (Å²) in [5.41, 5.74) is 3.39. The molecule has 1 aromatic rings. The Balaban J connectivity index is 1.07. The maximum absolute atomic E-state index is 14.3. The molecule has 0 radical (unpaired) electrons. The number of hydrogen-bond acceptors (Lipinski definition) is 3.